The molecule has 2 aromatic rings. The zero-order valence-corrected chi connectivity index (χ0v) is 17.2. The number of ether oxygens (including phenoxy) is 1. The average molecular weight is 415 g/mol. The highest BCUT2D eigenvalue weighted by Crippen LogP contribution is 2.33. The van der Waals surface area contributed by atoms with Crippen molar-refractivity contribution in [2.24, 2.45) is 0 Å². The minimum absolute atomic E-state index is 0.00452. The molecule has 1 amide bonds. The first-order chi connectivity index (χ1) is 14.0. The van der Waals surface area contributed by atoms with E-state index in [0.717, 1.165) is 38.0 Å². The molecule has 1 atom stereocenters. The number of para-hydroxylation sites is 2. The normalized spacial score (nSPS) is 19.4. The van der Waals surface area contributed by atoms with Crippen LogP contribution < -0.4 is 9.64 Å². The van der Waals surface area contributed by atoms with E-state index in [1.54, 1.807) is 30.3 Å². The number of likely N-dealkylation sites (tertiary alicyclic amines) is 1. The zero-order valence-electron chi connectivity index (χ0n) is 16.4. The van der Waals surface area contributed by atoms with Crippen LogP contribution >= 0.6 is 0 Å². The predicted octanol–water partition coefficient (Wildman–Crippen LogP) is 2.74. The molecule has 2 aromatic carbocycles. The lowest BCUT2D eigenvalue weighted by molar-refractivity contribution is -0.139. The molecule has 2 aliphatic heterocycles. The maximum Gasteiger partial charge on any atom is 0.265 e. The molecule has 4 rings (SSSR count). The van der Waals surface area contributed by atoms with Gasteiger partial charge in [0.05, 0.1) is 22.9 Å². The average Bonchev–Trinajstić information content (AvgIpc) is 2.78. The van der Waals surface area contributed by atoms with Gasteiger partial charge in [0, 0.05) is 19.6 Å². The summed E-state index contributed by atoms with van der Waals surface area (Å²) in [5.41, 5.74) is 0.832. The molecule has 2 heterocycles. The van der Waals surface area contributed by atoms with Gasteiger partial charge in [-0.3, -0.25) is 4.79 Å². The number of benzene rings is 2. The van der Waals surface area contributed by atoms with Crippen molar-refractivity contribution >= 4 is 21.4 Å². The standard InChI is InChI=1S/C22H26N2O4S/c25-22(23-13-7-2-8-14-23)21-17-24(19-11-5-6-12-20(19)28-21)15-16-29(26,27)18-9-3-1-4-10-18/h1,3-6,9-12,21H,2,7-8,13-17H2. The van der Waals surface area contributed by atoms with Crippen LogP contribution in [0.3, 0.4) is 0 Å². The molecule has 0 bridgehead atoms. The van der Waals surface area contributed by atoms with Crippen LogP contribution in [0.15, 0.2) is 59.5 Å². The molecule has 0 spiro atoms. The Kier molecular flexibility index (Phi) is 5.76. The maximum absolute atomic E-state index is 13.0. The van der Waals surface area contributed by atoms with Crippen molar-refractivity contribution in [2.75, 3.05) is 36.8 Å². The summed E-state index contributed by atoms with van der Waals surface area (Å²) < 4.78 is 31.4. The van der Waals surface area contributed by atoms with Crippen LogP contribution in [0.5, 0.6) is 5.75 Å². The highest BCUT2D eigenvalue weighted by Gasteiger charge is 2.34. The fourth-order valence-corrected chi connectivity index (χ4v) is 5.21. The largest absolute Gasteiger partial charge is 0.477 e. The fraction of sp³-hybridized carbons (Fsp3) is 0.409. The summed E-state index contributed by atoms with van der Waals surface area (Å²) >= 11 is 0. The van der Waals surface area contributed by atoms with E-state index in [2.05, 4.69) is 0 Å². The lowest BCUT2D eigenvalue weighted by atomic mass is 10.1. The number of carbonyl (C=O) groups excluding carboxylic acids is 1. The number of fused-ring (bicyclic) bond motifs is 1. The molecule has 7 heteroatoms. The first kappa shape index (κ1) is 19.8. The van der Waals surface area contributed by atoms with Crippen molar-refractivity contribution in [3.05, 3.63) is 54.6 Å². The minimum Gasteiger partial charge on any atom is -0.477 e. The number of sulfone groups is 1. The van der Waals surface area contributed by atoms with Crippen LogP contribution in [0.1, 0.15) is 19.3 Å². The molecule has 0 aliphatic carbocycles. The van der Waals surface area contributed by atoms with Gasteiger partial charge in [0.2, 0.25) is 0 Å². The molecule has 1 saturated heterocycles. The molecule has 2 aliphatic rings. The zero-order chi connectivity index (χ0) is 20.3. The number of carbonyl (C=O) groups is 1. The topological polar surface area (TPSA) is 66.9 Å². The molecular formula is C22H26N2O4S. The van der Waals surface area contributed by atoms with Gasteiger partial charge in [0.25, 0.3) is 5.91 Å². The Morgan fingerprint density at radius 2 is 1.66 bits per heavy atom. The smallest absolute Gasteiger partial charge is 0.265 e. The van der Waals surface area contributed by atoms with Gasteiger partial charge in [-0.05, 0) is 43.5 Å². The lowest BCUT2D eigenvalue weighted by Gasteiger charge is -2.38. The lowest BCUT2D eigenvalue weighted by Crippen LogP contribution is -2.52. The van der Waals surface area contributed by atoms with Crippen LogP contribution in [0.2, 0.25) is 0 Å². The third kappa shape index (κ3) is 4.40. The van der Waals surface area contributed by atoms with Crippen molar-refractivity contribution in [2.45, 2.75) is 30.3 Å². The van der Waals surface area contributed by atoms with E-state index in [4.69, 9.17) is 4.74 Å². The summed E-state index contributed by atoms with van der Waals surface area (Å²) in [4.78, 5) is 17.1. The summed E-state index contributed by atoms with van der Waals surface area (Å²) in [5.74, 6) is 0.608. The van der Waals surface area contributed by atoms with Crippen molar-refractivity contribution in [1.82, 2.24) is 4.90 Å². The number of hydrogen-bond donors (Lipinski definition) is 0. The molecule has 29 heavy (non-hydrogen) atoms. The van der Waals surface area contributed by atoms with E-state index in [1.165, 1.54) is 0 Å². The quantitative estimate of drug-likeness (QED) is 0.753. The van der Waals surface area contributed by atoms with E-state index in [0.29, 0.717) is 23.7 Å². The summed E-state index contributed by atoms with van der Waals surface area (Å²) in [5, 5.41) is 0. The maximum atomic E-state index is 13.0. The van der Waals surface area contributed by atoms with E-state index < -0.39 is 15.9 Å². The monoisotopic (exact) mass is 414 g/mol. The van der Waals surface area contributed by atoms with Crippen LogP contribution in [-0.4, -0.2) is 57.3 Å². The van der Waals surface area contributed by atoms with Crippen LogP contribution in [0.4, 0.5) is 5.69 Å². The molecule has 0 N–H and O–H groups in total. The first-order valence-electron chi connectivity index (χ1n) is 10.1. The predicted molar refractivity (Wildman–Crippen MR) is 112 cm³/mol. The Bertz CT molecular complexity index is 956. The number of hydrogen-bond acceptors (Lipinski definition) is 5. The summed E-state index contributed by atoms with van der Waals surface area (Å²) in [6, 6.07) is 16.0. The third-order valence-electron chi connectivity index (χ3n) is 5.54. The van der Waals surface area contributed by atoms with Crippen LogP contribution in [0, 0.1) is 0 Å². The van der Waals surface area contributed by atoms with Gasteiger partial charge < -0.3 is 14.5 Å². The molecule has 154 valence electrons. The summed E-state index contributed by atoms with van der Waals surface area (Å²) in [7, 11) is -3.40. The SMILES string of the molecule is O=C(C1CN(CCS(=O)(=O)c2ccccc2)c2ccccc2O1)N1CCCCC1. The Hall–Kier alpha value is -2.54. The Labute approximate surface area is 172 Å². The number of anilines is 1. The third-order valence-corrected chi connectivity index (χ3v) is 7.25. The van der Waals surface area contributed by atoms with Crippen LogP contribution in [0.25, 0.3) is 0 Å². The molecule has 0 radical (unpaired) electrons. The molecule has 6 nitrogen and oxygen atoms in total. The van der Waals surface area contributed by atoms with Gasteiger partial charge in [-0.1, -0.05) is 30.3 Å². The van der Waals surface area contributed by atoms with E-state index >= 15 is 0 Å². The number of rotatable bonds is 5. The number of amides is 1. The van der Waals surface area contributed by atoms with Crippen molar-refractivity contribution < 1.29 is 17.9 Å². The second-order valence-electron chi connectivity index (χ2n) is 7.54. The second kappa shape index (κ2) is 8.45. The van der Waals surface area contributed by atoms with Gasteiger partial charge >= 0.3 is 0 Å². The van der Waals surface area contributed by atoms with Gasteiger partial charge in [0.15, 0.2) is 15.9 Å². The van der Waals surface area contributed by atoms with Crippen molar-refractivity contribution in [3.8, 4) is 5.75 Å². The molecule has 1 unspecified atom stereocenters. The van der Waals surface area contributed by atoms with Crippen molar-refractivity contribution in [3.63, 3.8) is 0 Å². The van der Waals surface area contributed by atoms with E-state index in [-0.39, 0.29) is 11.7 Å². The molecule has 0 saturated carbocycles. The van der Waals surface area contributed by atoms with E-state index in [1.807, 2.05) is 34.1 Å². The highest BCUT2D eigenvalue weighted by atomic mass is 32.2. The highest BCUT2D eigenvalue weighted by molar-refractivity contribution is 7.91. The number of piperidine rings is 1. The van der Waals surface area contributed by atoms with Gasteiger partial charge in [-0.25, -0.2) is 8.42 Å². The fourth-order valence-electron chi connectivity index (χ4n) is 3.94. The molecule has 1 fully saturated rings. The second-order valence-corrected chi connectivity index (χ2v) is 9.65. The van der Waals surface area contributed by atoms with E-state index in [9.17, 15) is 13.2 Å². The Morgan fingerprint density at radius 1 is 0.966 bits per heavy atom. The summed E-state index contributed by atoms with van der Waals surface area (Å²) in [6.07, 6.45) is 2.59. The number of nitrogens with zero attached hydrogens (tertiary/aromatic N) is 2. The Morgan fingerprint density at radius 3 is 2.41 bits per heavy atom. The van der Waals surface area contributed by atoms with Gasteiger partial charge in [-0.15, -0.1) is 0 Å². The molecular weight excluding hydrogens is 388 g/mol. The van der Waals surface area contributed by atoms with Crippen LogP contribution in [-0.2, 0) is 14.6 Å². The van der Waals surface area contributed by atoms with Gasteiger partial charge in [-0.2, -0.15) is 0 Å². The first-order valence-corrected chi connectivity index (χ1v) is 11.8. The molecule has 0 aromatic heterocycles. The minimum atomic E-state index is -3.40. The van der Waals surface area contributed by atoms with Crippen molar-refractivity contribution in [1.29, 1.82) is 0 Å². The summed E-state index contributed by atoms with van der Waals surface area (Å²) in [6.45, 7) is 2.20. The Balaban J connectivity index is 1.51. The van der Waals surface area contributed by atoms with Gasteiger partial charge in [0.1, 0.15) is 5.75 Å².